The second kappa shape index (κ2) is 7.52. The lowest BCUT2D eigenvalue weighted by Crippen LogP contribution is -2.46. The fourth-order valence-corrected chi connectivity index (χ4v) is 4.58. The minimum Gasteiger partial charge on any atom is -0.490 e. The SMILES string of the molecule is NC(=O)Cn1ccc2c(OC3CCN(CC4(O)CCCC4)CC3)cccc21. The van der Waals surface area contributed by atoms with E-state index in [1.807, 2.05) is 35.0 Å². The first kappa shape index (κ1) is 18.3. The highest BCUT2D eigenvalue weighted by Gasteiger charge is 2.34. The van der Waals surface area contributed by atoms with Crippen LogP contribution in [0.1, 0.15) is 38.5 Å². The molecule has 0 unspecified atom stereocenters. The van der Waals surface area contributed by atoms with Crippen molar-refractivity contribution in [3.63, 3.8) is 0 Å². The van der Waals surface area contributed by atoms with Crippen LogP contribution in [0.4, 0.5) is 0 Å². The van der Waals surface area contributed by atoms with E-state index in [0.29, 0.717) is 0 Å². The summed E-state index contributed by atoms with van der Waals surface area (Å²) in [5, 5.41) is 11.6. The third-order valence-corrected chi connectivity index (χ3v) is 5.98. The molecule has 3 N–H and O–H groups in total. The van der Waals surface area contributed by atoms with E-state index in [4.69, 9.17) is 10.5 Å². The third-order valence-electron chi connectivity index (χ3n) is 5.98. The number of β-amino-alcohol motifs (C(OH)–C–C–N with tert-alkyl or cyclic N) is 1. The molecule has 6 heteroatoms. The smallest absolute Gasteiger partial charge is 0.237 e. The van der Waals surface area contributed by atoms with Crippen LogP contribution in [-0.2, 0) is 11.3 Å². The Kier molecular flexibility index (Phi) is 5.10. The maximum absolute atomic E-state index is 11.2. The summed E-state index contributed by atoms with van der Waals surface area (Å²) in [6.07, 6.45) is 8.17. The summed E-state index contributed by atoms with van der Waals surface area (Å²) < 4.78 is 8.17. The first-order valence-electron chi connectivity index (χ1n) is 10.00. The van der Waals surface area contributed by atoms with Crippen molar-refractivity contribution in [2.75, 3.05) is 19.6 Å². The van der Waals surface area contributed by atoms with E-state index in [0.717, 1.165) is 74.8 Å². The molecule has 0 atom stereocenters. The number of aliphatic hydroxyl groups is 1. The van der Waals surface area contributed by atoms with E-state index in [1.165, 1.54) is 0 Å². The van der Waals surface area contributed by atoms with Gasteiger partial charge in [0.1, 0.15) is 18.4 Å². The van der Waals surface area contributed by atoms with E-state index in [-0.39, 0.29) is 18.6 Å². The van der Waals surface area contributed by atoms with Gasteiger partial charge in [-0.1, -0.05) is 18.9 Å². The summed E-state index contributed by atoms with van der Waals surface area (Å²) in [5.74, 6) is 0.513. The van der Waals surface area contributed by atoms with Crippen molar-refractivity contribution in [3.05, 3.63) is 30.5 Å². The molecule has 1 saturated carbocycles. The Morgan fingerprint density at radius 3 is 2.67 bits per heavy atom. The summed E-state index contributed by atoms with van der Waals surface area (Å²) in [4.78, 5) is 13.6. The zero-order valence-corrected chi connectivity index (χ0v) is 15.8. The number of hydrogen-bond acceptors (Lipinski definition) is 4. The lowest BCUT2D eigenvalue weighted by Gasteiger charge is -2.36. The van der Waals surface area contributed by atoms with Gasteiger partial charge in [-0.15, -0.1) is 0 Å². The molecule has 146 valence electrons. The van der Waals surface area contributed by atoms with Crippen molar-refractivity contribution in [3.8, 4) is 5.75 Å². The van der Waals surface area contributed by atoms with Gasteiger partial charge < -0.3 is 25.0 Å². The highest BCUT2D eigenvalue weighted by atomic mass is 16.5. The molecule has 1 amide bonds. The number of fused-ring (bicyclic) bond motifs is 1. The topological polar surface area (TPSA) is 80.7 Å². The minimum absolute atomic E-state index is 0.175. The average molecular weight is 371 g/mol. The molecule has 0 spiro atoms. The van der Waals surface area contributed by atoms with E-state index in [2.05, 4.69) is 4.90 Å². The summed E-state index contributed by atoms with van der Waals surface area (Å²) in [7, 11) is 0. The molecule has 2 fully saturated rings. The Morgan fingerprint density at radius 2 is 1.96 bits per heavy atom. The minimum atomic E-state index is -0.470. The average Bonchev–Trinajstić information content (AvgIpc) is 3.24. The number of hydrogen-bond donors (Lipinski definition) is 2. The molecule has 2 heterocycles. The van der Waals surface area contributed by atoms with Gasteiger partial charge in [-0.3, -0.25) is 4.79 Å². The molecule has 0 bridgehead atoms. The summed E-state index contributed by atoms with van der Waals surface area (Å²) in [6.45, 7) is 2.90. The van der Waals surface area contributed by atoms with Crippen LogP contribution in [0.3, 0.4) is 0 Å². The van der Waals surface area contributed by atoms with Crippen molar-refractivity contribution < 1.29 is 14.6 Å². The maximum atomic E-state index is 11.2. The highest BCUT2D eigenvalue weighted by molar-refractivity contribution is 5.87. The van der Waals surface area contributed by atoms with Gasteiger partial charge in [0.2, 0.25) is 5.91 Å². The van der Waals surface area contributed by atoms with E-state index >= 15 is 0 Å². The maximum Gasteiger partial charge on any atom is 0.237 e. The number of piperidine rings is 1. The second-order valence-corrected chi connectivity index (χ2v) is 8.12. The number of nitrogens with two attached hydrogens (primary N) is 1. The van der Waals surface area contributed by atoms with Crippen molar-refractivity contribution >= 4 is 16.8 Å². The summed E-state index contributed by atoms with van der Waals surface area (Å²) >= 11 is 0. The van der Waals surface area contributed by atoms with Crippen molar-refractivity contribution in [1.29, 1.82) is 0 Å². The predicted molar refractivity (Wildman–Crippen MR) is 105 cm³/mol. The molecule has 2 aromatic rings. The van der Waals surface area contributed by atoms with E-state index in [9.17, 15) is 9.90 Å². The lowest BCUT2D eigenvalue weighted by molar-refractivity contribution is -0.118. The van der Waals surface area contributed by atoms with Crippen LogP contribution >= 0.6 is 0 Å². The van der Waals surface area contributed by atoms with Gasteiger partial charge in [0.25, 0.3) is 0 Å². The van der Waals surface area contributed by atoms with Gasteiger partial charge in [0, 0.05) is 31.2 Å². The van der Waals surface area contributed by atoms with Gasteiger partial charge in [-0.05, 0) is 43.9 Å². The molecule has 2 aliphatic rings. The zero-order chi connectivity index (χ0) is 18.9. The number of likely N-dealkylation sites (tertiary alicyclic amines) is 1. The van der Waals surface area contributed by atoms with Crippen molar-refractivity contribution in [2.24, 2.45) is 5.73 Å². The molecular weight excluding hydrogens is 342 g/mol. The Morgan fingerprint density at radius 1 is 1.22 bits per heavy atom. The Labute approximate surface area is 159 Å². The normalized spacial score (nSPS) is 20.9. The molecule has 1 aromatic heterocycles. The van der Waals surface area contributed by atoms with Crippen LogP contribution in [0.2, 0.25) is 0 Å². The predicted octanol–water partition coefficient (Wildman–Crippen LogP) is 2.27. The largest absolute Gasteiger partial charge is 0.490 e. The van der Waals surface area contributed by atoms with Crippen molar-refractivity contribution in [1.82, 2.24) is 9.47 Å². The van der Waals surface area contributed by atoms with Gasteiger partial charge in [-0.25, -0.2) is 0 Å². The third kappa shape index (κ3) is 4.12. The van der Waals surface area contributed by atoms with Crippen molar-refractivity contribution in [2.45, 2.75) is 56.8 Å². The Balaban J connectivity index is 1.37. The quantitative estimate of drug-likeness (QED) is 0.816. The Bertz CT molecular complexity index is 802. The lowest BCUT2D eigenvalue weighted by atomic mass is 9.99. The first-order chi connectivity index (χ1) is 13.0. The number of benzene rings is 1. The number of rotatable bonds is 6. The number of amides is 1. The molecule has 27 heavy (non-hydrogen) atoms. The number of primary amides is 1. The monoisotopic (exact) mass is 371 g/mol. The van der Waals surface area contributed by atoms with Crippen LogP contribution in [0, 0.1) is 0 Å². The van der Waals surface area contributed by atoms with Crippen LogP contribution < -0.4 is 10.5 Å². The second-order valence-electron chi connectivity index (χ2n) is 8.12. The van der Waals surface area contributed by atoms with E-state index < -0.39 is 5.60 Å². The Hall–Kier alpha value is -2.05. The first-order valence-corrected chi connectivity index (χ1v) is 10.00. The van der Waals surface area contributed by atoms with Gasteiger partial charge in [-0.2, -0.15) is 0 Å². The number of ether oxygens (including phenoxy) is 1. The number of nitrogens with zero attached hydrogens (tertiary/aromatic N) is 2. The summed E-state index contributed by atoms with van der Waals surface area (Å²) in [5.41, 5.74) is 5.82. The molecule has 0 radical (unpaired) electrons. The number of aromatic nitrogens is 1. The van der Waals surface area contributed by atoms with Gasteiger partial charge in [0.15, 0.2) is 0 Å². The molecule has 1 saturated heterocycles. The number of carbonyl (C=O) groups is 1. The molecule has 1 aromatic carbocycles. The fraction of sp³-hybridized carbons (Fsp3) is 0.571. The number of carbonyl (C=O) groups excluding carboxylic acids is 1. The molecule has 1 aliphatic heterocycles. The highest BCUT2D eigenvalue weighted by Crippen LogP contribution is 2.32. The molecular formula is C21H29N3O3. The standard InChI is InChI=1S/C21H29N3O3/c22-20(25)14-24-13-8-17-18(24)4-3-5-19(17)27-16-6-11-23(12-7-16)15-21(26)9-1-2-10-21/h3-5,8,13,16,26H,1-2,6-7,9-12,14-15H2,(H2,22,25). The molecule has 4 rings (SSSR count). The van der Waals surface area contributed by atoms with Crippen LogP contribution in [0.5, 0.6) is 5.75 Å². The van der Waals surface area contributed by atoms with Crippen LogP contribution in [0.25, 0.3) is 10.9 Å². The van der Waals surface area contributed by atoms with Gasteiger partial charge >= 0.3 is 0 Å². The van der Waals surface area contributed by atoms with E-state index in [1.54, 1.807) is 0 Å². The fourth-order valence-electron chi connectivity index (χ4n) is 4.58. The van der Waals surface area contributed by atoms with Crippen LogP contribution in [-0.4, -0.2) is 51.8 Å². The zero-order valence-electron chi connectivity index (χ0n) is 15.8. The van der Waals surface area contributed by atoms with Gasteiger partial charge in [0.05, 0.1) is 11.1 Å². The molecule has 1 aliphatic carbocycles. The van der Waals surface area contributed by atoms with Crippen LogP contribution in [0.15, 0.2) is 30.5 Å². The molecule has 6 nitrogen and oxygen atoms in total. The summed E-state index contributed by atoms with van der Waals surface area (Å²) in [6, 6.07) is 7.92.